The first-order chi connectivity index (χ1) is 25.5. The first-order valence-electron chi connectivity index (χ1n) is 15.8. The molecule has 264 valence electrons. The minimum absolute atomic E-state index is 0.0542. The number of carbonyl (C=O) groups is 4. The Morgan fingerprint density at radius 2 is 0.679 bits per heavy atom. The lowest BCUT2D eigenvalue weighted by Crippen LogP contribution is -2.17. The molecule has 6 aromatic carbocycles. The fourth-order valence-corrected chi connectivity index (χ4v) is 5.01. The molecule has 0 heterocycles. The molecule has 0 bridgehead atoms. The lowest BCUT2D eigenvalue weighted by Gasteiger charge is -2.13. The number of aromatic carboxylic acids is 2. The van der Waals surface area contributed by atoms with Crippen molar-refractivity contribution >= 4 is 46.5 Å². The number of hydrogen-bond donors (Lipinski definition) is 6. The molecule has 6 aromatic rings. The number of hydrogen-bond acceptors (Lipinski definition) is 9. The van der Waals surface area contributed by atoms with Crippen LogP contribution in [0.4, 0.5) is 22.7 Å². The SMILES string of the molecule is Nc1ccc(Oc2ccc(NC(=O)c3cc(Oc4ccc(C(=O)O)c(C(=O)Nc5ccc(Oc6ccc(N)cc6)cc5)c4)ccc3C(=O)O)cc2)cc1. The summed E-state index contributed by atoms with van der Waals surface area (Å²) < 4.78 is 17.4. The third-order valence-electron chi connectivity index (χ3n) is 7.62. The Bertz CT molecular complexity index is 2140. The highest BCUT2D eigenvalue weighted by molar-refractivity contribution is 6.12. The number of nitrogens with two attached hydrogens (primary N) is 2. The minimum atomic E-state index is -1.34. The molecule has 0 radical (unpaired) electrons. The van der Waals surface area contributed by atoms with Gasteiger partial charge in [-0.1, -0.05) is 0 Å². The Morgan fingerprint density at radius 3 is 1.00 bits per heavy atom. The number of nitrogen functional groups attached to an aromatic ring is 2. The van der Waals surface area contributed by atoms with E-state index < -0.39 is 23.8 Å². The highest BCUT2D eigenvalue weighted by atomic mass is 16.5. The highest BCUT2D eigenvalue weighted by Crippen LogP contribution is 2.30. The van der Waals surface area contributed by atoms with Crippen LogP contribution in [0.15, 0.2) is 133 Å². The van der Waals surface area contributed by atoms with E-state index in [4.69, 9.17) is 25.7 Å². The molecule has 0 fully saturated rings. The third kappa shape index (κ3) is 8.87. The molecule has 0 aliphatic rings. The Hall–Kier alpha value is -7.80. The Balaban J connectivity index is 1.16. The summed E-state index contributed by atoms with van der Waals surface area (Å²) in [4.78, 5) is 50.6. The average molecular weight is 711 g/mol. The van der Waals surface area contributed by atoms with Crippen molar-refractivity contribution in [3.05, 3.63) is 156 Å². The second-order valence-corrected chi connectivity index (χ2v) is 11.4. The van der Waals surface area contributed by atoms with Crippen LogP contribution in [0.25, 0.3) is 0 Å². The van der Waals surface area contributed by atoms with Gasteiger partial charge in [0.15, 0.2) is 0 Å². The van der Waals surface area contributed by atoms with E-state index in [2.05, 4.69) is 10.6 Å². The van der Waals surface area contributed by atoms with Crippen molar-refractivity contribution in [3.63, 3.8) is 0 Å². The Kier molecular flexibility index (Phi) is 10.2. The van der Waals surface area contributed by atoms with Gasteiger partial charge in [0.05, 0.1) is 22.3 Å². The number of benzene rings is 6. The lowest BCUT2D eigenvalue weighted by atomic mass is 10.1. The molecule has 53 heavy (non-hydrogen) atoms. The molecule has 6 rings (SSSR count). The third-order valence-corrected chi connectivity index (χ3v) is 7.62. The number of carboxylic acids is 2. The number of rotatable bonds is 12. The van der Waals surface area contributed by atoms with Crippen molar-refractivity contribution < 1.29 is 43.6 Å². The van der Waals surface area contributed by atoms with Gasteiger partial charge in [-0.05, 0) is 133 Å². The summed E-state index contributed by atoms with van der Waals surface area (Å²) in [5, 5.41) is 24.9. The molecule has 0 atom stereocenters. The highest BCUT2D eigenvalue weighted by Gasteiger charge is 2.21. The smallest absolute Gasteiger partial charge is 0.336 e. The molecule has 0 aliphatic heterocycles. The second kappa shape index (κ2) is 15.4. The summed E-state index contributed by atoms with van der Waals surface area (Å²) in [6.45, 7) is 0. The van der Waals surface area contributed by atoms with Crippen molar-refractivity contribution in [1.29, 1.82) is 0 Å². The first kappa shape index (κ1) is 35.0. The number of nitrogens with one attached hydrogen (secondary N) is 2. The van der Waals surface area contributed by atoms with Gasteiger partial charge in [0.1, 0.15) is 34.5 Å². The molecule has 0 saturated carbocycles. The predicted molar refractivity (Wildman–Crippen MR) is 198 cm³/mol. The van der Waals surface area contributed by atoms with Gasteiger partial charge in [-0.3, -0.25) is 9.59 Å². The van der Waals surface area contributed by atoms with E-state index >= 15 is 0 Å². The van der Waals surface area contributed by atoms with Gasteiger partial charge in [0, 0.05) is 22.7 Å². The van der Waals surface area contributed by atoms with Crippen LogP contribution in [-0.2, 0) is 0 Å². The van der Waals surface area contributed by atoms with Crippen molar-refractivity contribution in [2.45, 2.75) is 0 Å². The van der Waals surface area contributed by atoms with E-state index in [1.807, 2.05) is 0 Å². The van der Waals surface area contributed by atoms with Crippen molar-refractivity contribution in [1.82, 2.24) is 0 Å². The minimum Gasteiger partial charge on any atom is -0.478 e. The summed E-state index contributed by atoms with van der Waals surface area (Å²) in [5.41, 5.74) is 12.3. The van der Waals surface area contributed by atoms with Gasteiger partial charge < -0.3 is 46.5 Å². The quantitative estimate of drug-likeness (QED) is 0.0667. The molecular formula is C40H30N4O9. The van der Waals surface area contributed by atoms with Crippen molar-refractivity contribution in [2.75, 3.05) is 22.1 Å². The summed E-state index contributed by atoms with van der Waals surface area (Å²) >= 11 is 0. The van der Waals surface area contributed by atoms with E-state index in [0.717, 1.165) is 0 Å². The fourth-order valence-electron chi connectivity index (χ4n) is 5.01. The molecule has 13 heteroatoms. The maximum Gasteiger partial charge on any atom is 0.336 e. The Morgan fingerprint density at radius 1 is 0.396 bits per heavy atom. The second-order valence-electron chi connectivity index (χ2n) is 11.4. The summed E-state index contributed by atoms with van der Waals surface area (Å²) in [6.07, 6.45) is 0. The zero-order chi connectivity index (χ0) is 37.5. The number of carbonyl (C=O) groups excluding carboxylic acids is 2. The van der Waals surface area contributed by atoms with Crippen LogP contribution in [-0.4, -0.2) is 34.0 Å². The van der Waals surface area contributed by atoms with Crippen LogP contribution in [0.2, 0.25) is 0 Å². The summed E-state index contributed by atoms with van der Waals surface area (Å²) in [6, 6.07) is 34.1. The first-order valence-corrected chi connectivity index (χ1v) is 15.8. The van der Waals surface area contributed by atoms with Crippen LogP contribution in [0.5, 0.6) is 34.5 Å². The van der Waals surface area contributed by atoms with Gasteiger partial charge in [-0.2, -0.15) is 0 Å². The molecule has 0 spiro atoms. The van der Waals surface area contributed by atoms with Gasteiger partial charge in [0.2, 0.25) is 0 Å². The summed E-state index contributed by atoms with van der Waals surface area (Å²) in [5.74, 6) is -1.92. The standard InChI is InChI=1S/C40H30N4O9/c41-23-1-9-27(10-2-23)51-29-13-5-25(6-14-29)43-37(45)35-21-31(17-19-33(35)39(47)48)53-32-18-20-34(40(49)50)36(22-32)38(46)44-26-7-15-30(16-8-26)52-28-11-3-24(42)4-12-28/h1-22H,41-42H2,(H,43,45)(H,44,46)(H,47,48)(H,49,50). The number of anilines is 4. The lowest BCUT2D eigenvalue weighted by molar-refractivity contribution is 0.0683. The van der Waals surface area contributed by atoms with Gasteiger partial charge >= 0.3 is 11.9 Å². The molecule has 0 saturated heterocycles. The average Bonchev–Trinajstić information content (AvgIpc) is 3.15. The molecule has 8 N–H and O–H groups in total. The molecule has 0 aliphatic carbocycles. The van der Waals surface area contributed by atoms with Crippen molar-refractivity contribution in [3.8, 4) is 34.5 Å². The van der Waals surface area contributed by atoms with E-state index in [1.165, 1.54) is 36.4 Å². The fraction of sp³-hybridized carbons (Fsp3) is 0. The Labute approximate surface area is 302 Å². The largest absolute Gasteiger partial charge is 0.478 e. The predicted octanol–water partition coefficient (Wildman–Crippen LogP) is 8.13. The number of ether oxygens (including phenoxy) is 3. The number of amides is 2. The van der Waals surface area contributed by atoms with E-state index in [1.54, 1.807) is 97.1 Å². The molecule has 2 amide bonds. The molecule has 0 aromatic heterocycles. The molecule has 13 nitrogen and oxygen atoms in total. The summed E-state index contributed by atoms with van der Waals surface area (Å²) in [7, 11) is 0. The normalized spacial score (nSPS) is 10.5. The van der Waals surface area contributed by atoms with Gasteiger partial charge in [-0.15, -0.1) is 0 Å². The maximum absolute atomic E-state index is 13.3. The molecular weight excluding hydrogens is 680 g/mol. The molecule has 0 unspecified atom stereocenters. The zero-order valence-corrected chi connectivity index (χ0v) is 27.6. The van der Waals surface area contributed by atoms with Gasteiger partial charge in [-0.25, -0.2) is 9.59 Å². The van der Waals surface area contributed by atoms with Crippen LogP contribution in [0.3, 0.4) is 0 Å². The maximum atomic E-state index is 13.3. The topological polar surface area (TPSA) is 213 Å². The van der Waals surface area contributed by atoms with Crippen LogP contribution in [0.1, 0.15) is 41.4 Å². The monoisotopic (exact) mass is 710 g/mol. The van der Waals surface area contributed by atoms with E-state index in [-0.39, 0.29) is 33.8 Å². The van der Waals surface area contributed by atoms with E-state index in [9.17, 15) is 29.4 Å². The van der Waals surface area contributed by atoms with E-state index in [0.29, 0.717) is 45.7 Å². The van der Waals surface area contributed by atoms with Crippen molar-refractivity contribution in [2.24, 2.45) is 0 Å². The van der Waals surface area contributed by atoms with Gasteiger partial charge in [0.25, 0.3) is 11.8 Å². The van der Waals surface area contributed by atoms with Crippen LogP contribution >= 0.6 is 0 Å². The van der Waals surface area contributed by atoms with Crippen LogP contribution < -0.4 is 36.3 Å². The van der Waals surface area contributed by atoms with Crippen LogP contribution in [0, 0.1) is 0 Å². The zero-order valence-electron chi connectivity index (χ0n) is 27.6. The number of carboxylic acid groups (broad SMARTS) is 2.